The van der Waals surface area contributed by atoms with Crippen molar-refractivity contribution in [2.75, 3.05) is 25.5 Å². The molecule has 0 bridgehead atoms. The Labute approximate surface area is 141 Å². The number of hydrogen-bond donors (Lipinski definition) is 1. The number of carbonyl (C=O) groups excluding carboxylic acids is 1. The van der Waals surface area contributed by atoms with Gasteiger partial charge >= 0.3 is 0 Å². The normalized spacial score (nSPS) is 18.0. The van der Waals surface area contributed by atoms with Crippen LogP contribution < -0.4 is 5.32 Å². The molecule has 1 aromatic heterocycles. The molecule has 1 aliphatic rings. The predicted octanol–water partition coefficient (Wildman–Crippen LogP) is 3.82. The SMILES string of the molecule is CNc1nc(C)c(C(=O)N2CCC[C@H](c3cccc(C)c3)C2)s1. The van der Waals surface area contributed by atoms with Crippen molar-refractivity contribution in [3.63, 3.8) is 0 Å². The number of benzene rings is 1. The summed E-state index contributed by atoms with van der Waals surface area (Å²) in [6.07, 6.45) is 2.21. The number of piperidine rings is 1. The van der Waals surface area contributed by atoms with Crippen molar-refractivity contribution in [3.8, 4) is 0 Å². The van der Waals surface area contributed by atoms with Gasteiger partial charge in [0.15, 0.2) is 5.13 Å². The molecule has 1 fully saturated rings. The van der Waals surface area contributed by atoms with Crippen molar-refractivity contribution in [2.24, 2.45) is 0 Å². The lowest BCUT2D eigenvalue weighted by Gasteiger charge is -2.33. The summed E-state index contributed by atoms with van der Waals surface area (Å²) in [4.78, 5) is 20.0. The zero-order chi connectivity index (χ0) is 16.4. The highest BCUT2D eigenvalue weighted by Gasteiger charge is 2.27. The zero-order valence-electron chi connectivity index (χ0n) is 13.9. The number of aryl methyl sites for hydroxylation is 2. The smallest absolute Gasteiger partial charge is 0.265 e. The predicted molar refractivity (Wildman–Crippen MR) is 95.5 cm³/mol. The standard InChI is InChI=1S/C18H23N3OS/c1-12-6-4-7-14(10-12)15-8-5-9-21(11-15)17(22)16-13(2)20-18(19-3)23-16/h4,6-7,10,15H,5,8-9,11H2,1-3H3,(H,19,20)/t15-/m0/s1. The van der Waals surface area contributed by atoms with Crippen LogP contribution >= 0.6 is 11.3 Å². The van der Waals surface area contributed by atoms with Gasteiger partial charge in [0.25, 0.3) is 5.91 Å². The van der Waals surface area contributed by atoms with Crippen molar-refractivity contribution in [1.82, 2.24) is 9.88 Å². The number of hydrogen-bond acceptors (Lipinski definition) is 4. The van der Waals surface area contributed by atoms with Gasteiger partial charge in [-0.2, -0.15) is 0 Å². The molecule has 0 radical (unpaired) electrons. The summed E-state index contributed by atoms with van der Waals surface area (Å²) < 4.78 is 0. The van der Waals surface area contributed by atoms with Crippen molar-refractivity contribution >= 4 is 22.4 Å². The first kappa shape index (κ1) is 16.0. The Morgan fingerprint density at radius 2 is 2.22 bits per heavy atom. The second kappa shape index (κ2) is 6.71. The van der Waals surface area contributed by atoms with Crippen molar-refractivity contribution < 1.29 is 4.79 Å². The fraction of sp³-hybridized carbons (Fsp3) is 0.444. The topological polar surface area (TPSA) is 45.2 Å². The first-order chi connectivity index (χ1) is 11.1. The van der Waals surface area contributed by atoms with Gasteiger partial charge in [0, 0.05) is 26.1 Å². The number of likely N-dealkylation sites (tertiary alicyclic amines) is 1. The molecule has 5 heteroatoms. The lowest BCUT2D eigenvalue weighted by Crippen LogP contribution is -2.39. The maximum atomic E-state index is 12.9. The number of carbonyl (C=O) groups is 1. The van der Waals surface area contributed by atoms with Gasteiger partial charge in [-0.3, -0.25) is 4.79 Å². The Morgan fingerprint density at radius 1 is 1.39 bits per heavy atom. The van der Waals surface area contributed by atoms with Crippen molar-refractivity contribution in [3.05, 3.63) is 46.0 Å². The first-order valence-corrected chi connectivity index (χ1v) is 8.91. The number of nitrogens with zero attached hydrogens (tertiary/aromatic N) is 2. The fourth-order valence-electron chi connectivity index (χ4n) is 3.20. The Morgan fingerprint density at radius 3 is 2.91 bits per heavy atom. The van der Waals surface area contributed by atoms with Crippen LogP contribution in [0.5, 0.6) is 0 Å². The van der Waals surface area contributed by atoms with Crippen LogP contribution in [0.25, 0.3) is 0 Å². The largest absolute Gasteiger partial charge is 0.365 e. The molecule has 0 unspecified atom stereocenters. The third-order valence-electron chi connectivity index (χ3n) is 4.43. The Bertz CT molecular complexity index is 710. The molecule has 0 aliphatic carbocycles. The summed E-state index contributed by atoms with van der Waals surface area (Å²) in [5, 5.41) is 3.83. The zero-order valence-corrected chi connectivity index (χ0v) is 14.7. The van der Waals surface area contributed by atoms with Crippen LogP contribution in [0, 0.1) is 13.8 Å². The molecule has 0 saturated carbocycles. The number of rotatable bonds is 3. The minimum absolute atomic E-state index is 0.124. The van der Waals surface area contributed by atoms with Crippen LogP contribution in [0.15, 0.2) is 24.3 Å². The molecular formula is C18H23N3OS. The molecule has 122 valence electrons. The Balaban J connectivity index is 1.77. The number of anilines is 1. The van der Waals surface area contributed by atoms with E-state index in [1.54, 1.807) is 0 Å². The molecular weight excluding hydrogens is 306 g/mol. The molecule has 1 amide bonds. The fourth-order valence-corrected chi connectivity index (χ4v) is 4.09. The van der Waals surface area contributed by atoms with Gasteiger partial charge in [-0.25, -0.2) is 4.98 Å². The summed E-state index contributed by atoms with van der Waals surface area (Å²) in [5.41, 5.74) is 3.45. The van der Waals surface area contributed by atoms with Crippen LogP contribution in [0.1, 0.15) is 45.3 Å². The second-order valence-corrected chi connectivity index (χ2v) is 7.19. The van der Waals surface area contributed by atoms with Crippen LogP contribution in [0.2, 0.25) is 0 Å². The molecule has 1 atom stereocenters. The Hall–Kier alpha value is -1.88. The highest BCUT2D eigenvalue weighted by atomic mass is 32.1. The van der Waals surface area contributed by atoms with Gasteiger partial charge in [0.05, 0.1) is 5.69 Å². The number of amides is 1. The van der Waals surface area contributed by atoms with E-state index in [0.29, 0.717) is 5.92 Å². The van der Waals surface area contributed by atoms with Gasteiger partial charge < -0.3 is 10.2 Å². The van der Waals surface area contributed by atoms with E-state index in [4.69, 9.17) is 0 Å². The van der Waals surface area contributed by atoms with Crippen molar-refractivity contribution in [1.29, 1.82) is 0 Å². The lowest BCUT2D eigenvalue weighted by atomic mass is 9.90. The number of thiazole rings is 1. The number of nitrogens with one attached hydrogen (secondary N) is 1. The summed E-state index contributed by atoms with van der Waals surface area (Å²) in [6, 6.07) is 8.66. The Kier molecular flexibility index (Phi) is 4.66. The van der Waals surface area contributed by atoms with Gasteiger partial charge in [-0.15, -0.1) is 0 Å². The van der Waals surface area contributed by atoms with Gasteiger partial charge in [0.1, 0.15) is 4.88 Å². The van der Waals surface area contributed by atoms with E-state index in [1.165, 1.54) is 22.5 Å². The van der Waals surface area contributed by atoms with E-state index in [2.05, 4.69) is 41.5 Å². The average Bonchev–Trinajstić information content (AvgIpc) is 2.95. The molecule has 1 aliphatic heterocycles. The third-order valence-corrected chi connectivity index (χ3v) is 5.59. The van der Waals surface area contributed by atoms with E-state index >= 15 is 0 Å². The van der Waals surface area contributed by atoms with Gasteiger partial charge in [0.2, 0.25) is 0 Å². The molecule has 23 heavy (non-hydrogen) atoms. The summed E-state index contributed by atoms with van der Waals surface area (Å²) in [6.45, 7) is 5.67. The van der Waals surface area contributed by atoms with Gasteiger partial charge in [-0.05, 0) is 32.3 Å². The molecule has 1 N–H and O–H groups in total. The minimum atomic E-state index is 0.124. The highest BCUT2D eigenvalue weighted by molar-refractivity contribution is 7.17. The molecule has 2 heterocycles. The minimum Gasteiger partial charge on any atom is -0.365 e. The molecule has 1 saturated heterocycles. The molecule has 3 rings (SSSR count). The second-order valence-electron chi connectivity index (χ2n) is 6.19. The molecule has 1 aromatic carbocycles. The van der Waals surface area contributed by atoms with E-state index in [-0.39, 0.29) is 5.91 Å². The summed E-state index contributed by atoms with van der Waals surface area (Å²) in [5.74, 6) is 0.559. The van der Waals surface area contributed by atoms with E-state index < -0.39 is 0 Å². The maximum absolute atomic E-state index is 12.9. The molecule has 4 nitrogen and oxygen atoms in total. The summed E-state index contributed by atoms with van der Waals surface area (Å²) >= 11 is 1.45. The monoisotopic (exact) mass is 329 g/mol. The van der Waals surface area contributed by atoms with Crippen LogP contribution in [0.3, 0.4) is 0 Å². The molecule has 0 spiro atoms. The molecule has 2 aromatic rings. The first-order valence-electron chi connectivity index (χ1n) is 8.09. The maximum Gasteiger partial charge on any atom is 0.265 e. The van der Waals surface area contributed by atoms with Crippen LogP contribution in [-0.2, 0) is 0 Å². The quantitative estimate of drug-likeness (QED) is 0.931. The van der Waals surface area contributed by atoms with Crippen molar-refractivity contribution in [2.45, 2.75) is 32.6 Å². The lowest BCUT2D eigenvalue weighted by molar-refractivity contribution is 0.0711. The van der Waals surface area contributed by atoms with E-state index in [9.17, 15) is 4.79 Å². The number of aromatic nitrogens is 1. The summed E-state index contributed by atoms with van der Waals surface area (Å²) in [7, 11) is 1.83. The van der Waals surface area contributed by atoms with Crippen LogP contribution in [0.4, 0.5) is 5.13 Å². The average molecular weight is 329 g/mol. The third kappa shape index (κ3) is 3.39. The van der Waals surface area contributed by atoms with E-state index in [0.717, 1.165) is 41.6 Å². The highest BCUT2D eigenvalue weighted by Crippen LogP contribution is 2.30. The van der Waals surface area contributed by atoms with E-state index in [1.807, 2.05) is 18.9 Å². The van der Waals surface area contributed by atoms with Gasteiger partial charge in [-0.1, -0.05) is 41.2 Å². The van der Waals surface area contributed by atoms with Crippen LogP contribution in [-0.4, -0.2) is 35.9 Å².